The van der Waals surface area contributed by atoms with Crippen molar-refractivity contribution in [2.45, 2.75) is 135 Å². The summed E-state index contributed by atoms with van der Waals surface area (Å²) in [5.41, 5.74) is 0. The van der Waals surface area contributed by atoms with Crippen LogP contribution in [0.3, 0.4) is 0 Å². The molecule has 0 aliphatic heterocycles. The number of hydrogen-bond acceptors (Lipinski definition) is 0. The van der Waals surface area contributed by atoms with Gasteiger partial charge < -0.3 is 0 Å². The van der Waals surface area contributed by atoms with Crippen LogP contribution in [0, 0.1) is 0 Å². The molecule has 0 aliphatic carbocycles. The van der Waals surface area contributed by atoms with E-state index in [4.69, 9.17) is 0 Å². The minimum atomic E-state index is 0.354. The van der Waals surface area contributed by atoms with Crippen LogP contribution < -0.4 is 0 Å². The summed E-state index contributed by atoms with van der Waals surface area (Å²) in [6.45, 7) is 7.12. The van der Waals surface area contributed by atoms with Crippen LogP contribution in [0.1, 0.15) is 135 Å². The van der Waals surface area contributed by atoms with E-state index in [0.29, 0.717) is 7.92 Å². The Hall–Kier alpha value is 0.430. The van der Waals surface area contributed by atoms with Gasteiger partial charge in [-0.1, -0.05) is 129 Å². The zero-order valence-corrected chi connectivity index (χ0v) is 19.2. The van der Waals surface area contributed by atoms with Gasteiger partial charge in [0, 0.05) is 0 Å². The van der Waals surface area contributed by atoms with Crippen molar-refractivity contribution in [3.63, 3.8) is 0 Å². The highest BCUT2D eigenvalue weighted by molar-refractivity contribution is 7.55. The molecule has 0 saturated heterocycles. The van der Waals surface area contributed by atoms with Crippen LogP contribution in [0.15, 0.2) is 0 Å². The predicted octanol–water partition coefficient (Wildman–Crippen LogP) is 9.55. The third kappa shape index (κ3) is 24.4. The fourth-order valence-electron chi connectivity index (χ4n) is 3.68. The Balaban J connectivity index is 2.96. The lowest BCUT2D eigenvalue weighted by molar-refractivity contribution is 0.523. The molecule has 0 N–H and O–H groups in total. The SMILES string of the molecule is CCCCCCCCCCCCCCCCCCCCCCP(C)C. The average molecular weight is 371 g/mol. The first-order chi connectivity index (χ1) is 12.3. The van der Waals surface area contributed by atoms with Crippen molar-refractivity contribution < 1.29 is 0 Å². The maximum atomic E-state index is 2.41. The molecule has 0 rings (SSSR count). The van der Waals surface area contributed by atoms with Crippen molar-refractivity contribution in [3.05, 3.63) is 0 Å². The maximum Gasteiger partial charge on any atom is -0.0331 e. The molecule has 0 amide bonds. The number of rotatable bonds is 21. The van der Waals surface area contributed by atoms with E-state index in [1.807, 2.05) is 0 Å². The number of hydrogen-bond donors (Lipinski definition) is 0. The Morgan fingerprint density at radius 2 is 0.600 bits per heavy atom. The predicted molar refractivity (Wildman–Crippen MR) is 122 cm³/mol. The van der Waals surface area contributed by atoms with E-state index in [1.165, 1.54) is 135 Å². The lowest BCUT2D eigenvalue weighted by Crippen LogP contribution is -1.85. The van der Waals surface area contributed by atoms with Crippen LogP contribution in [0.4, 0.5) is 0 Å². The van der Waals surface area contributed by atoms with Gasteiger partial charge in [-0.15, -0.1) is 7.92 Å². The third-order valence-electron chi connectivity index (χ3n) is 5.46. The van der Waals surface area contributed by atoms with Crippen molar-refractivity contribution >= 4 is 7.92 Å². The molecular formula is C24H51P. The van der Waals surface area contributed by atoms with Crippen molar-refractivity contribution in [1.29, 1.82) is 0 Å². The summed E-state index contributed by atoms with van der Waals surface area (Å²) in [6, 6.07) is 0. The smallest absolute Gasteiger partial charge is 0.0331 e. The van der Waals surface area contributed by atoms with Gasteiger partial charge in [0.2, 0.25) is 0 Å². The van der Waals surface area contributed by atoms with E-state index < -0.39 is 0 Å². The molecule has 0 spiro atoms. The van der Waals surface area contributed by atoms with E-state index >= 15 is 0 Å². The van der Waals surface area contributed by atoms with E-state index in [-0.39, 0.29) is 0 Å². The van der Waals surface area contributed by atoms with Crippen LogP contribution in [-0.2, 0) is 0 Å². The van der Waals surface area contributed by atoms with Gasteiger partial charge in [-0.25, -0.2) is 0 Å². The van der Waals surface area contributed by atoms with Crippen LogP contribution in [0.2, 0.25) is 0 Å². The Morgan fingerprint density at radius 3 is 0.840 bits per heavy atom. The number of unbranched alkanes of at least 4 members (excludes halogenated alkanes) is 19. The van der Waals surface area contributed by atoms with E-state index in [1.54, 1.807) is 0 Å². The molecule has 0 radical (unpaired) electrons. The fourth-order valence-corrected chi connectivity index (χ4v) is 4.54. The highest BCUT2D eigenvalue weighted by Gasteiger charge is 1.96. The van der Waals surface area contributed by atoms with Crippen molar-refractivity contribution in [3.8, 4) is 0 Å². The van der Waals surface area contributed by atoms with Gasteiger partial charge in [0.15, 0.2) is 0 Å². The van der Waals surface area contributed by atoms with E-state index in [9.17, 15) is 0 Å². The molecule has 1 heteroatoms. The molecule has 0 fully saturated rings. The molecule has 0 nitrogen and oxygen atoms in total. The van der Waals surface area contributed by atoms with Crippen LogP contribution >= 0.6 is 7.92 Å². The zero-order chi connectivity index (χ0) is 18.4. The molecule has 0 aromatic heterocycles. The van der Waals surface area contributed by atoms with Crippen LogP contribution in [0.25, 0.3) is 0 Å². The first kappa shape index (κ1) is 25.4. The summed E-state index contributed by atoms with van der Waals surface area (Å²) < 4.78 is 0. The minimum absolute atomic E-state index is 0.354. The highest BCUT2D eigenvalue weighted by atomic mass is 31.1. The molecule has 25 heavy (non-hydrogen) atoms. The highest BCUT2D eigenvalue weighted by Crippen LogP contribution is 2.26. The zero-order valence-electron chi connectivity index (χ0n) is 18.3. The molecule has 0 aromatic rings. The Kier molecular flexibility index (Phi) is 22.9. The quantitative estimate of drug-likeness (QED) is 0.139. The summed E-state index contributed by atoms with van der Waals surface area (Å²) in [5.74, 6) is 0. The van der Waals surface area contributed by atoms with Gasteiger partial charge in [0.1, 0.15) is 0 Å². The molecule has 0 heterocycles. The van der Waals surface area contributed by atoms with Gasteiger partial charge >= 0.3 is 0 Å². The molecule has 0 bridgehead atoms. The second-order valence-electron chi connectivity index (χ2n) is 8.52. The third-order valence-corrected chi connectivity index (χ3v) is 6.67. The topological polar surface area (TPSA) is 0 Å². The Morgan fingerprint density at radius 1 is 0.360 bits per heavy atom. The molecule has 0 saturated carbocycles. The van der Waals surface area contributed by atoms with Crippen molar-refractivity contribution in [2.75, 3.05) is 19.5 Å². The summed E-state index contributed by atoms with van der Waals surface area (Å²) in [7, 11) is 0.354. The Labute approximate surface area is 163 Å². The molecule has 152 valence electrons. The van der Waals surface area contributed by atoms with Gasteiger partial charge in [-0.05, 0) is 25.9 Å². The van der Waals surface area contributed by atoms with E-state index in [0.717, 1.165) is 0 Å². The van der Waals surface area contributed by atoms with Gasteiger partial charge in [-0.3, -0.25) is 0 Å². The maximum absolute atomic E-state index is 2.41. The van der Waals surface area contributed by atoms with Crippen molar-refractivity contribution in [2.24, 2.45) is 0 Å². The summed E-state index contributed by atoms with van der Waals surface area (Å²) in [4.78, 5) is 0. The van der Waals surface area contributed by atoms with Gasteiger partial charge in [-0.2, -0.15) is 0 Å². The Bertz CT molecular complexity index is 224. The fraction of sp³-hybridized carbons (Fsp3) is 1.00. The van der Waals surface area contributed by atoms with Crippen LogP contribution in [-0.4, -0.2) is 19.5 Å². The summed E-state index contributed by atoms with van der Waals surface area (Å²) >= 11 is 0. The molecule has 0 atom stereocenters. The molecule has 0 unspecified atom stereocenters. The largest absolute Gasteiger partial charge is 0.113 e. The molecular weight excluding hydrogens is 319 g/mol. The summed E-state index contributed by atoms with van der Waals surface area (Å²) in [6.07, 6.45) is 31.1. The average Bonchev–Trinajstić information content (AvgIpc) is 2.60. The standard InChI is InChI=1S/C24H51P/c1-4-5-6-7-8-9-10-11-12-13-14-15-16-17-18-19-20-21-22-23-24-25(2)3/h4-24H2,1-3H3. The lowest BCUT2D eigenvalue weighted by atomic mass is 10.0. The molecule has 0 aliphatic rings. The minimum Gasteiger partial charge on any atom is -0.113 e. The van der Waals surface area contributed by atoms with Crippen LogP contribution in [0.5, 0.6) is 0 Å². The summed E-state index contributed by atoms with van der Waals surface area (Å²) in [5, 5.41) is 0. The van der Waals surface area contributed by atoms with Gasteiger partial charge in [0.05, 0.1) is 0 Å². The normalized spacial score (nSPS) is 11.5. The monoisotopic (exact) mass is 370 g/mol. The first-order valence-corrected chi connectivity index (χ1v) is 14.3. The molecule has 0 aromatic carbocycles. The van der Waals surface area contributed by atoms with Crippen molar-refractivity contribution in [1.82, 2.24) is 0 Å². The second kappa shape index (κ2) is 22.5. The lowest BCUT2D eigenvalue weighted by Gasteiger charge is -2.05. The second-order valence-corrected chi connectivity index (χ2v) is 11.1. The van der Waals surface area contributed by atoms with Gasteiger partial charge in [0.25, 0.3) is 0 Å². The van der Waals surface area contributed by atoms with E-state index in [2.05, 4.69) is 20.3 Å². The first-order valence-electron chi connectivity index (χ1n) is 11.9.